The smallest absolute Gasteiger partial charge is 0.0394 e. The van der Waals surface area contributed by atoms with Gasteiger partial charge >= 0.3 is 0 Å². The Hall–Kier alpha value is -0.120. The minimum atomic E-state index is 0.551. The number of likely N-dealkylation sites (N-methyl/N-ethyl adjacent to an activating group) is 1. The van der Waals surface area contributed by atoms with Gasteiger partial charge in [0.15, 0.2) is 0 Å². The zero-order chi connectivity index (χ0) is 6.85. The summed E-state index contributed by atoms with van der Waals surface area (Å²) in [5, 5.41) is 10.3. The molecule has 1 N–H and O–H groups in total. The van der Waals surface area contributed by atoms with Gasteiger partial charge < -0.3 is 10.1 Å². The highest BCUT2D eigenvalue weighted by molar-refractivity contribution is 4.75. The van der Waals surface area contributed by atoms with Crippen LogP contribution < -0.4 is 0 Å². The Labute approximate surface area is 55.8 Å². The third kappa shape index (κ3) is 1.64. The van der Waals surface area contributed by atoms with Crippen molar-refractivity contribution in [1.29, 1.82) is 0 Å². The maximum atomic E-state index is 8.96. The fourth-order valence-corrected chi connectivity index (χ4v) is 1.15. The standard InChI is InChI=1S/C6H14N2O/c1-7(2)6-3-4-8(9)5-6/h6,9H,3-5H2,1-2H3. The van der Waals surface area contributed by atoms with E-state index in [0.29, 0.717) is 6.04 Å². The van der Waals surface area contributed by atoms with Crippen LogP contribution in [-0.4, -0.2) is 48.4 Å². The summed E-state index contributed by atoms with van der Waals surface area (Å²) < 4.78 is 0. The summed E-state index contributed by atoms with van der Waals surface area (Å²) in [5.74, 6) is 0. The highest BCUT2D eigenvalue weighted by Crippen LogP contribution is 2.09. The number of hydroxylamine groups is 2. The Morgan fingerprint density at radius 2 is 2.22 bits per heavy atom. The molecule has 54 valence electrons. The lowest BCUT2D eigenvalue weighted by Gasteiger charge is -2.17. The van der Waals surface area contributed by atoms with Crippen LogP contribution in [0.15, 0.2) is 0 Å². The van der Waals surface area contributed by atoms with E-state index in [9.17, 15) is 0 Å². The lowest BCUT2D eigenvalue weighted by Crippen LogP contribution is -2.30. The zero-order valence-corrected chi connectivity index (χ0v) is 6.04. The Morgan fingerprint density at radius 3 is 2.44 bits per heavy atom. The highest BCUT2D eigenvalue weighted by atomic mass is 16.5. The summed E-state index contributed by atoms with van der Waals surface area (Å²) in [4.78, 5) is 2.15. The fourth-order valence-electron chi connectivity index (χ4n) is 1.15. The Kier molecular flexibility index (Phi) is 2.05. The van der Waals surface area contributed by atoms with Crippen molar-refractivity contribution in [3.05, 3.63) is 0 Å². The fraction of sp³-hybridized carbons (Fsp3) is 1.00. The molecule has 1 rings (SSSR count). The molecule has 0 radical (unpaired) electrons. The lowest BCUT2D eigenvalue weighted by atomic mass is 10.2. The molecule has 0 aromatic heterocycles. The predicted molar refractivity (Wildman–Crippen MR) is 35.5 cm³/mol. The second kappa shape index (κ2) is 2.64. The SMILES string of the molecule is CN(C)C1CCN(O)C1. The van der Waals surface area contributed by atoms with Crippen LogP contribution in [0.5, 0.6) is 0 Å². The van der Waals surface area contributed by atoms with Crippen LogP contribution in [0.3, 0.4) is 0 Å². The minimum Gasteiger partial charge on any atom is -0.314 e. The van der Waals surface area contributed by atoms with E-state index < -0.39 is 0 Å². The van der Waals surface area contributed by atoms with E-state index in [1.54, 1.807) is 0 Å². The van der Waals surface area contributed by atoms with Gasteiger partial charge in [0, 0.05) is 19.1 Å². The van der Waals surface area contributed by atoms with Crippen LogP contribution in [0.2, 0.25) is 0 Å². The lowest BCUT2D eigenvalue weighted by molar-refractivity contribution is -0.0721. The van der Waals surface area contributed by atoms with Crippen molar-refractivity contribution in [3.8, 4) is 0 Å². The number of hydrogen-bond donors (Lipinski definition) is 1. The van der Waals surface area contributed by atoms with Crippen LogP contribution in [0.25, 0.3) is 0 Å². The Balaban J connectivity index is 2.30. The first-order chi connectivity index (χ1) is 4.20. The molecule has 0 aliphatic carbocycles. The van der Waals surface area contributed by atoms with Gasteiger partial charge in [0.25, 0.3) is 0 Å². The topological polar surface area (TPSA) is 26.7 Å². The molecule has 3 nitrogen and oxygen atoms in total. The first-order valence-electron chi connectivity index (χ1n) is 3.30. The summed E-state index contributed by atoms with van der Waals surface area (Å²) >= 11 is 0. The van der Waals surface area contributed by atoms with Crippen LogP contribution in [-0.2, 0) is 0 Å². The van der Waals surface area contributed by atoms with Gasteiger partial charge in [-0.3, -0.25) is 0 Å². The number of hydrogen-bond acceptors (Lipinski definition) is 3. The molecule has 1 aliphatic heterocycles. The van der Waals surface area contributed by atoms with Gasteiger partial charge in [-0.05, 0) is 20.5 Å². The first-order valence-corrected chi connectivity index (χ1v) is 3.30. The first kappa shape index (κ1) is 6.99. The summed E-state index contributed by atoms with van der Waals surface area (Å²) in [6.07, 6.45) is 1.09. The molecule has 1 saturated heterocycles. The van der Waals surface area contributed by atoms with E-state index in [-0.39, 0.29) is 0 Å². The van der Waals surface area contributed by atoms with Crippen molar-refractivity contribution in [3.63, 3.8) is 0 Å². The molecule has 0 bridgehead atoms. The molecular weight excluding hydrogens is 116 g/mol. The van der Waals surface area contributed by atoms with Crippen molar-refractivity contribution < 1.29 is 5.21 Å². The molecule has 0 saturated carbocycles. The maximum absolute atomic E-state index is 8.96. The number of nitrogens with zero attached hydrogens (tertiary/aromatic N) is 2. The second-order valence-electron chi connectivity index (χ2n) is 2.82. The van der Waals surface area contributed by atoms with Crippen molar-refractivity contribution in [2.45, 2.75) is 12.5 Å². The molecule has 1 aliphatic rings. The predicted octanol–water partition coefficient (Wildman–Crippen LogP) is 0.0115. The molecule has 3 heteroatoms. The normalized spacial score (nSPS) is 30.0. The largest absolute Gasteiger partial charge is 0.314 e. The van der Waals surface area contributed by atoms with Gasteiger partial charge in [0.1, 0.15) is 0 Å². The maximum Gasteiger partial charge on any atom is 0.0394 e. The Bertz CT molecular complexity index is 95.1. The van der Waals surface area contributed by atoms with Gasteiger partial charge in [-0.1, -0.05) is 0 Å². The molecule has 0 aromatic carbocycles. The van der Waals surface area contributed by atoms with Crippen molar-refractivity contribution in [1.82, 2.24) is 9.96 Å². The van der Waals surface area contributed by atoms with Crippen LogP contribution in [0, 0.1) is 0 Å². The van der Waals surface area contributed by atoms with Crippen LogP contribution in [0.1, 0.15) is 6.42 Å². The Morgan fingerprint density at radius 1 is 1.56 bits per heavy atom. The van der Waals surface area contributed by atoms with E-state index in [2.05, 4.69) is 4.90 Å². The van der Waals surface area contributed by atoms with Crippen molar-refractivity contribution in [2.75, 3.05) is 27.2 Å². The van der Waals surface area contributed by atoms with Crippen LogP contribution >= 0.6 is 0 Å². The monoisotopic (exact) mass is 130 g/mol. The molecule has 1 unspecified atom stereocenters. The third-order valence-corrected chi connectivity index (χ3v) is 1.87. The summed E-state index contributed by atoms with van der Waals surface area (Å²) in [5.41, 5.74) is 0. The average molecular weight is 130 g/mol. The van der Waals surface area contributed by atoms with Gasteiger partial charge in [-0.25, -0.2) is 0 Å². The molecule has 1 atom stereocenters. The van der Waals surface area contributed by atoms with Gasteiger partial charge in [0.05, 0.1) is 0 Å². The molecule has 9 heavy (non-hydrogen) atoms. The molecule has 0 aromatic rings. The number of rotatable bonds is 1. The molecule has 0 spiro atoms. The van der Waals surface area contributed by atoms with E-state index in [1.165, 1.54) is 5.06 Å². The molecular formula is C6H14N2O. The van der Waals surface area contributed by atoms with Crippen molar-refractivity contribution in [2.24, 2.45) is 0 Å². The molecule has 1 fully saturated rings. The van der Waals surface area contributed by atoms with Crippen LogP contribution in [0.4, 0.5) is 0 Å². The third-order valence-electron chi connectivity index (χ3n) is 1.87. The van der Waals surface area contributed by atoms with Gasteiger partial charge in [0.2, 0.25) is 0 Å². The van der Waals surface area contributed by atoms with Gasteiger partial charge in [-0.2, -0.15) is 5.06 Å². The minimum absolute atomic E-state index is 0.551. The van der Waals surface area contributed by atoms with E-state index in [4.69, 9.17) is 5.21 Å². The second-order valence-corrected chi connectivity index (χ2v) is 2.82. The molecule has 1 heterocycles. The van der Waals surface area contributed by atoms with E-state index >= 15 is 0 Å². The molecule has 0 amide bonds. The quantitative estimate of drug-likeness (QED) is 0.541. The average Bonchev–Trinajstić information content (AvgIpc) is 2.14. The summed E-state index contributed by atoms with van der Waals surface area (Å²) in [6.45, 7) is 1.62. The van der Waals surface area contributed by atoms with Gasteiger partial charge in [-0.15, -0.1) is 0 Å². The zero-order valence-electron chi connectivity index (χ0n) is 6.04. The van der Waals surface area contributed by atoms with E-state index in [0.717, 1.165) is 19.5 Å². The highest BCUT2D eigenvalue weighted by Gasteiger charge is 2.21. The summed E-state index contributed by atoms with van der Waals surface area (Å²) in [6, 6.07) is 0.551. The van der Waals surface area contributed by atoms with E-state index in [1.807, 2.05) is 14.1 Å². The summed E-state index contributed by atoms with van der Waals surface area (Å²) in [7, 11) is 4.09. The van der Waals surface area contributed by atoms with Crippen molar-refractivity contribution >= 4 is 0 Å².